The van der Waals surface area contributed by atoms with Crippen LogP contribution in [-0.4, -0.2) is 32.3 Å². The number of carbonyl (C=O) groups is 1. The molecule has 7 nitrogen and oxygen atoms in total. The van der Waals surface area contributed by atoms with E-state index in [1.165, 1.54) is 10.6 Å². The molecule has 0 aromatic carbocycles. The fraction of sp³-hybridized carbons (Fsp3) is 0.250. The van der Waals surface area contributed by atoms with Gasteiger partial charge in [0.05, 0.1) is 0 Å². The van der Waals surface area contributed by atoms with Gasteiger partial charge in [-0.3, -0.25) is 4.79 Å². The summed E-state index contributed by atoms with van der Waals surface area (Å²) >= 11 is 0. The van der Waals surface area contributed by atoms with Crippen LogP contribution in [0.4, 0.5) is 0 Å². The normalized spacial score (nSPS) is 10.7. The monoisotopic (exact) mass is 206 g/mol. The van der Waals surface area contributed by atoms with Crippen molar-refractivity contribution in [3.05, 3.63) is 23.7 Å². The quantitative estimate of drug-likeness (QED) is 0.649. The molecule has 0 aliphatic heterocycles. The Morgan fingerprint density at radius 2 is 2.20 bits per heavy atom. The molecule has 0 bridgehead atoms. The van der Waals surface area contributed by atoms with Gasteiger partial charge in [-0.05, 0) is 18.7 Å². The smallest absolute Gasteiger partial charge is 0.269 e. The molecule has 78 valence electrons. The SMILES string of the molecule is NCCc1nnc2ccc(C(N)=O)nn12. The van der Waals surface area contributed by atoms with Gasteiger partial charge in [0, 0.05) is 6.42 Å². The number of carbonyl (C=O) groups excluding carboxylic acids is 1. The van der Waals surface area contributed by atoms with Crippen molar-refractivity contribution in [1.82, 2.24) is 19.8 Å². The number of amides is 1. The van der Waals surface area contributed by atoms with Gasteiger partial charge in [0.15, 0.2) is 11.5 Å². The van der Waals surface area contributed by atoms with Crippen LogP contribution in [0.2, 0.25) is 0 Å². The van der Waals surface area contributed by atoms with Gasteiger partial charge in [-0.25, -0.2) is 0 Å². The van der Waals surface area contributed by atoms with Crippen LogP contribution >= 0.6 is 0 Å². The summed E-state index contributed by atoms with van der Waals surface area (Å²) in [7, 11) is 0. The average molecular weight is 206 g/mol. The van der Waals surface area contributed by atoms with Gasteiger partial charge in [0.1, 0.15) is 5.69 Å². The van der Waals surface area contributed by atoms with Crippen LogP contribution in [0.1, 0.15) is 16.3 Å². The van der Waals surface area contributed by atoms with Gasteiger partial charge in [-0.2, -0.15) is 9.61 Å². The molecule has 4 N–H and O–H groups in total. The number of hydrogen-bond donors (Lipinski definition) is 2. The summed E-state index contributed by atoms with van der Waals surface area (Å²) in [5.74, 6) is 0.0416. The highest BCUT2D eigenvalue weighted by Gasteiger charge is 2.08. The predicted molar refractivity (Wildman–Crippen MR) is 52.1 cm³/mol. The number of nitrogens with two attached hydrogens (primary N) is 2. The Hall–Kier alpha value is -2.02. The van der Waals surface area contributed by atoms with E-state index in [1.807, 2.05) is 0 Å². The lowest BCUT2D eigenvalue weighted by molar-refractivity contribution is 0.0994. The highest BCUT2D eigenvalue weighted by Crippen LogP contribution is 2.03. The minimum atomic E-state index is -0.579. The van der Waals surface area contributed by atoms with Gasteiger partial charge in [-0.15, -0.1) is 10.2 Å². The molecule has 0 unspecified atom stereocenters. The maximum Gasteiger partial charge on any atom is 0.269 e. The van der Waals surface area contributed by atoms with E-state index in [0.717, 1.165) is 0 Å². The van der Waals surface area contributed by atoms with E-state index in [2.05, 4.69) is 15.3 Å². The maximum absolute atomic E-state index is 10.9. The van der Waals surface area contributed by atoms with Crippen molar-refractivity contribution in [1.29, 1.82) is 0 Å². The molecule has 0 saturated carbocycles. The summed E-state index contributed by atoms with van der Waals surface area (Å²) in [6, 6.07) is 3.15. The van der Waals surface area contributed by atoms with E-state index in [9.17, 15) is 4.79 Å². The van der Waals surface area contributed by atoms with Crippen LogP contribution < -0.4 is 11.5 Å². The molecule has 1 amide bonds. The Bertz CT molecular complexity index is 505. The Balaban J connectivity index is 2.56. The van der Waals surface area contributed by atoms with Crippen molar-refractivity contribution in [2.45, 2.75) is 6.42 Å². The number of hydrogen-bond acceptors (Lipinski definition) is 5. The molecule has 0 fully saturated rings. The molecule has 2 heterocycles. The third-order valence-electron chi connectivity index (χ3n) is 1.95. The molecule has 0 saturated heterocycles. The second kappa shape index (κ2) is 3.62. The van der Waals surface area contributed by atoms with E-state index in [4.69, 9.17) is 11.5 Å². The van der Waals surface area contributed by atoms with Crippen LogP contribution in [-0.2, 0) is 6.42 Å². The zero-order chi connectivity index (χ0) is 10.8. The maximum atomic E-state index is 10.9. The zero-order valence-electron chi connectivity index (χ0n) is 7.92. The second-order valence-electron chi connectivity index (χ2n) is 3.01. The molecule has 2 aromatic rings. The molecule has 0 spiro atoms. The predicted octanol–water partition coefficient (Wildman–Crippen LogP) is -1.28. The summed E-state index contributed by atoms with van der Waals surface area (Å²) < 4.78 is 1.48. The van der Waals surface area contributed by atoms with Crippen molar-refractivity contribution in [3.8, 4) is 0 Å². The lowest BCUT2D eigenvalue weighted by Gasteiger charge is -1.98. The Morgan fingerprint density at radius 1 is 1.40 bits per heavy atom. The topological polar surface area (TPSA) is 112 Å². The summed E-state index contributed by atoms with van der Waals surface area (Å²) in [6.45, 7) is 0.448. The fourth-order valence-electron chi connectivity index (χ4n) is 1.25. The second-order valence-corrected chi connectivity index (χ2v) is 3.01. The van der Waals surface area contributed by atoms with Crippen molar-refractivity contribution in [2.24, 2.45) is 11.5 Å². The first kappa shape index (κ1) is 9.53. The first-order valence-electron chi connectivity index (χ1n) is 4.43. The first-order chi connectivity index (χ1) is 7.22. The number of fused-ring (bicyclic) bond motifs is 1. The number of aromatic nitrogens is 4. The average Bonchev–Trinajstić information content (AvgIpc) is 2.61. The molecule has 2 rings (SSSR count). The van der Waals surface area contributed by atoms with Crippen molar-refractivity contribution < 1.29 is 4.79 Å². The van der Waals surface area contributed by atoms with Crippen molar-refractivity contribution in [3.63, 3.8) is 0 Å². The Morgan fingerprint density at radius 3 is 2.87 bits per heavy atom. The lowest BCUT2D eigenvalue weighted by Crippen LogP contribution is -2.16. The van der Waals surface area contributed by atoms with Gasteiger partial charge in [0.2, 0.25) is 0 Å². The van der Waals surface area contributed by atoms with Crippen LogP contribution in [0, 0.1) is 0 Å². The summed E-state index contributed by atoms with van der Waals surface area (Å²) in [4.78, 5) is 10.9. The summed E-state index contributed by atoms with van der Waals surface area (Å²) in [5, 5.41) is 11.8. The van der Waals surface area contributed by atoms with Crippen molar-refractivity contribution in [2.75, 3.05) is 6.54 Å². The highest BCUT2D eigenvalue weighted by atomic mass is 16.1. The highest BCUT2D eigenvalue weighted by molar-refractivity contribution is 5.90. The van der Waals surface area contributed by atoms with Gasteiger partial charge in [-0.1, -0.05) is 0 Å². The Kier molecular flexibility index (Phi) is 2.30. The van der Waals surface area contributed by atoms with Crippen LogP contribution in [0.15, 0.2) is 12.1 Å². The minimum absolute atomic E-state index is 0.181. The third-order valence-corrected chi connectivity index (χ3v) is 1.95. The molecule has 2 aromatic heterocycles. The lowest BCUT2D eigenvalue weighted by atomic mass is 10.3. The van der Waals surface area contributed by atoms with Crippen LogP contribution in [0.25, 0.3) is 5.65 Å². The molecule has 0 radical (unpaired) electrons. The largest absolute Gasteiger partial charge is 0.364 e. The molecule has 15 heavy (non-hydrogen) atoms. The first-order valence-corrected chi connectivity index (χ1v) is 4.43. The zero-order valence-corrected chi connectivity index (χ0v) is 7.92. The van der Waals surface area contributed by atoms with E-state index in [-0.39, 0.29) is 5.69 Å². The van der Waals surface area contributed by atoms with E-state index >= 15 is 0 Å². The van der Waals surface area contributed by atoms with Gasteiger partial charge >= 0.3 is 0 Å². The van der Waals surface area contributed by atoms with E-state index in [1.54, 1.807) is 6.07 Å². The van der Waals surface area contributed by atoms with Crippen LogP contribution in [0.3, 0.4) is 0 Å². The fourth-order valence-corrected chi connectivity index (χ4v) is 1.25. The number of rotatable bonds is 3. The van der Waals surface area contributed by atoms with Gasteiger partial charge in [0.25, 0.3) is 5.91 Å². The third kappa shape index (κ3) is 1.64. The molecular weight excluding hydrogens is 196 g/mol. The molecule has 0 aliphatic carbocycles. The molecule has 0 aliphatic rings. The van der Waals surface area contributed by atoms with Crippen LogP contribution in [0.5, 0.6) is 0 Å². The number of primary amides is 1. The minimum Gasteiger partial charge on any atom is -0.364 e. The number of nitrogens with zero attached hydrogens (tertiary/aromatic N) is 4. The Labute approximate surface area is 85.1 Å². The molecule has 7 heteroatoms. The van der Waals surface area contributed by atoms with E-state index < -0.39 is 5.91 Å². The molecular formula is C8H10N6O. The standard InChI is InChI=1S/C8H10N6O/c9-4-3-7-12-11-6-2-1-5(8(10)15)13-14(6)7/h1-2H,3-4,9H2,(H2,10,15). The van der Waals surface area contributed by atoms with E-state index in [0.29, 0.717) is 24.4 Å². The van der Waals surface area contributed by atoms with Crippen molar-refractivity contribution >= 4 is 11.6 Å². The summed E-state index contributed by atoms with van der Waals surface area (Å²) in [6.07, 6.45) is 0.552. The summed E-state index contributed by atoms with van der Waals surface area (Å²) in [5.41, 5.74) is 11.3. The molecule has 0 atom stereocenters. The van der Waals surface area contributed by atoms with Gasteiger partial charge < -0.3 is 11.5 Å².